The largest absolute Gasteiger partial charge is 0.385 e. The van der Waals surface area contributed by atoms with Gasteiger partial charge in [-0.1, -0.05) is 68.5 Å². The number of hydrogen-bond acceptors (Lipinski definition) is 3. The van der Waals surface area contributed by atoms with E-state index in [1.807, 2.05) is 44.2 Å². The Morgan fingerprint density at radius 1 is 1.09 bits per heavy atom. The first-order valence-electron chi connectivity index (χ1n) is 7.61. The lowest BCUT2D eigenvalue weighted by molar-refractivity contribution is -0.126. The van der Waals surface area contributed by atoms with Crippen LogP contribution in [0, 0.1) is 5.92 Å². The summed E-state index contributed by atoms with van der Waals surface area (Å²) >= 11 is 0. The van der Waals surface area contributed by atoms with Crippen LogP contribution >= 0.6 is 0 Å². The van der Waals surface area contributed by atoms with Crippen molar-refractivity contribution in [3.8, 4) is 0 Å². The number of Topliss-reactive ketones (excluding diaryl/α,β-unsaturated/α-hetero) is 2. The van der Waals surface area contributed by atoms with Gasteiger partial charge >= 0.3 is 0 Å². The van der Waals surface area contributed by atoms with Crippen LogP contribution in [0.4, 0.5) is 0 Å². The molecule has 2 rings (SSSR count). The standard InChI is InChI=1S/C10H14O2.C9H10O/c1-3-9(11)8-6-4-5-7-10(8,2)12;1-2-9(10)8-6-4-3-5-7-8/h4-8,12H,3H2,1-2H3;3-7H,2H2,1H3. The van der Waals surface area contributed by atoms with Crippen LogP contribution in [0.25, 0.3) is 0 Å². The monoisotopic (exact) mass is 300 g/mol. The van der Waals surface area contributed by atoms with Crippen molar-refractivity contribution in [3.63, 3.8) is 0 Å². The molecule has 1 aromatic rings. The fourth-order valence-electron chi connectivity index (χ4n) is 2.21. The first kappa shape index (κ1) is 18.1. The smallest absolute Gasteiger partial charge is 0.162 e. The van der Waals surface area contributed by atoms with Crippen molar-refractivity contribution < 1.29 is 14.7 Å². The van der Waals surface area contributed by atoms with Gasteiger partial charge in [0, 0.05) is 18.4 Å². The highest BCUT2D eigenvalue weighted by Crippen LogP contribution is 2.25. The van der Waals surface area contributed by atoms with Crippen molar-refractivity contribution >= 4 is 11.6 Å². The first-order chi connectivity index (χ1) is 10.4. The maximum absolute atomic E-state index is 11.3. The van der Waals surface area contributed by atoms with Crippen LogP contribution < -0.4 is 0 Å². The predicted octanol–water partition coefficient (Wildman–Crippen LogP) is 3.74. The molecular formula is C19H24O3. The summed E-state index contributed by atoms with van der Waals surface area (Å²) in [6, 6.07) is 9.34. The second-order valence-electron chi connectivity index (χ2n) is 5.41. The molecule has 0 radical (unpaired) electrons. The van der Waals surface area contributed by atoms with Crippen LogP contribution in [0.2, 0.25) is 0 Å². The van der Waals surface area contributed by atoms with Crippen LogP contribution in [0.5, 0.6) is 0 Å². The van der Waals surface area contributed by atoms with E-state index >= 15 is 0 Å². The summed E-state index contributed by atoms with van der Waals surface area (Å²) in [7, 11) is 0. The molecule has 1 aliphatic rings. The summed E-state index contributed by atoms with van der Waals surface area (Å²) in [5, 5.41) is 9.78. The first-order valence-corrected chi connectivity index (χ1v) is 7.61. The summed E-state index contributed by atoms with van der Waals surface area (Å²) in [6.07, 6.45) is 8.04. The summed E-state index contributed by atoms with van der Waals surface area (Å²) in [6.45, 7) is 5.34. The van der Waals surface area contributed by atoms with E-state index in [0.717, 1.165) is 5.56 Å². The molecule has 2 atom stereocenters. The predicted molar refractivity (Wildman–Crippen MR) is 88.8 cm³/mol. The molecule has 22 heavy (non-hydrogen) atoms. The van der Waals surface area contributed by atoms with Crippen molar-refractivity contribution in [3.05, 3.63) is 60.2 Å². The van der Waals surface area contributed by atoms with Crippen LogP contribution in [0.3, 0.4) is 0 Å². The number of allylic oxidation sites excluding steroid dienone is 2. The van der Waals surface area contributed by atoms with E-state index in [2.05, 4.69) is 0 Å². The molecule has 1 N–H and O–H groups in total. The van der Waals surface area contributed by atoms with E-state index in [0.29, 0.717) is 12.8 Å². The molecule has 1 aliphatic carbocycles. The van der Waals surface area contributed by atoms with Crippen LogP contribution in [0.15, 0.2) is 54.6 Å². The highest BCUT2D eigenvalue weighted by Gasteiger charge is 2.32. The summed E-state index contributed by atoms with van der Waals surface area (Å²) in [4.78, 5) is 22.4. The van der Waals surface area contributed by atoms with E-state index < -0.39 is 5.60 Å². The highest BCUT2D eigenvalue weighted by atomic mass is 16.3. The zero-order valence-electron chi connectivity index (χ0n) is 13.5. The topological polar surface area (TPSA) is 54.4 Å². The average molecular weight is 300 g/mol. The van der Waals surface area contributed by atoms with Gasteiger partial charge in [-0.15, -0.1) is 0 Å². The number of benzene rings is 1. The Kier molecular flexibility index (Phi) is 6.93. The summed E-state index contributed by atoms with van der Waals surface area (Å²) in [5.41, 5.74) is -0.188. The molecule has 0 amide bonds. The maximum Gasteiger partial charge on any atom is 0.162 e. The van der Waals surface area contributed by atoms with Gasteiger partial charge < -0.3 is 5.11 Å². The molecule has 0 fully saturated rings. The van der Waals surface area contributed by atoms with E-state index in [4.69, 9.17) is 0 Å². The summed E-state index contributed by atoms with van der Waals surface area (Å²) in [5.74, 6) is -0.0753. The minimum atomic E-state index is -0.998. The average Bonchev–Trinajstić information content (AvgIpc) is 2.54. The molecule has 1 aromatic carbocycles. The molecule has 0 spiro atoms. The third-order valence-electron chi connectivity index (χ3n) is 3.59. The van der Waals surface area contributed by atoms with Crippen LogP contribution in [0.1, 0.15) is 44.0 Å². The number of hydrogen-bond donors (Lipinski definition) is 1. The van der Waals surface area contributed by atoms with E-state index in [-0.39, 0.29) is 17.5 Å². The van der Waals surface area contributed by atoms with Gasteiger partial charge in [0.2, 0.25) is 0 Å². The fourth-order valence-corrected chi connectivity index (χ4v) is 2.21. The highest BCUT2D eigenvalue weighted by molar-refractivity contribution is 5.95. The van der Waals surface area contributed by atoms with Gasteiger partial charge in [-0.05, 0) is 6.92 Å². The lowest BCUT2D eigenvalue weighted by atomic mass is 9.82. The fraction of sp³-hybridized carbons (Fsp3) is 0.368. The Bertz CT molecular complexity index is 553. The minimum absolute atomic E-state index is 0.0839. The number of carbonyl (C=O) groups excluding carboxylic acids is 2. The second-order valence-corrected chi connectivity index (χ2v) is 5.41. The lowest BCUT2D eigenvalue weighted by Crippen LogP contribution is -2.37. The quantitative estimate of drug-likeness (QED) is 0.862. The van der Waals surface area contributed by atoms with Gasteiger partial charge in [-0.3, -0.25) is 9.59 Å². The van der Waals surface area contributed by atoms with Crippen molar-refractivity contribution in [2.75, 3.05) is 0 Å². The maximum atomic E-state index is 11.3. The van der Waals surface area contributed by atoms with E-state index in [1.165, 1.54) is 0 Å². The van der Waals surface area contributed by atoms with Crippen LogP contribution in [-0.2, 0) is 4.79 Å². The number of ketones is 2. The van der Waals surface area contributed by atoms with Gasteiger partial charge in [0.15, 0.2) is 5.78 Å². The van der Waals surface area contributed by atoms with Crippen molar-refractivity contribution in [1.29, 1.82) is 0 Å². The van der Waals surface area contributed by atoms with Crippen molar-refractivity contribution in [2.24, 2.45) is 5.92 Å². The molecule has 0 bridgehead atoms. The number of rotatable bonds is 4. The number of aliphatic hydroxyl groups is 1. The number of carbonyl (C=O) groups is 2. The molecule has 118 valence electrons. The zero-order chi connectivity index (χ0) is 16.6. The molecule has 0 saturated carbocycles. The molecule has 3 heteroatoms. The molecule has 0 saturated heterocycles. The Morgan fingerprint density at radius 2 is 1.73 bits per heavy atom. The molecule has 3 nitrogen and oxygen atoms in total. The lowest BCUT2D eigenvalue weighted by Gasteiger charge is -2.28. The SMILES string of the molecule is CCC(=O)C1C=CC=CC1(C)O.CCC(=O)c1ccccc1. The van der Waals surface area contributed by atoms with Gasteiger partial charge in [-0.2, -0.15) is 0 Å². The van der Waals surface area contributed by atoms with E-state index in [9.17, 15) is 14.7 Å². The molecule has 0 heterocycles. The van der Waals surface area contributed by atoms with Gasteiger partial charge in [0.25, 0.3) is 0 Å². The Hall–Kier alpha value is -2.00. The molecule has 0 aromatic heterocycles. The van der Waals surface area contributed by atoms with Crippen molar-refractivity contribution in [1.82, 2.24) is 0 Å². The minimum Gasteiger partial charge on any atom is -0.385 e. The van der Waals surface area contributed by atoms with Crippen LogP contribution in [-0.4, -0.2) is 22.3 Å². The molecule has 0 aliphatic heterocycles. The van der Waals surface area contributed by atoms with Gasteiger partial charge in [0.05, 0.1) is 11.5 Å². The second kappa shape index (κ2) is 8.44. The molecule has 2 unspecified atom stereocenters. The van der Waals surface area contributed by atoms with Gasteiger partial charge in [-0.25, -0.2) is 0 Å². The third kappa shape index (κ3) is 5.08. The van der Waals surface area contributed by atoms with E-state index in [1.54, 1.807) is 31.2 Å². The normalized spacial score (nSPS) is 22.6. The third-order valence-corrected chi connectivity index (χ3v) is 3.59. The molecular weight excluding hydrogens is 276 g/mol. The van der Waals surface area contributed by atoms with Crippen molar-refractivity contribution in [2.45, 2.75) is 39.2 Å². The Balaban J connectivity index is 0.000000224. The summed E-state index contributed by atoms with van der Waals surface area (Å²) < 4.78 is 0. The Morgan fingerprint density at radius 3 is 2.23 bits per heavy atom. The van der Waals surface area contributed by atoms with Gasteiger partial charge in [0.1, 0.15) is 5.78 Å². The Labute approximate surface area is 132 Å². The zero-order valence-corrected chi connectivity index (χ0v) is 13.5.